The molecule has 0 bridgehead atoms. The molecule has 5 rings (SSSR count). The summed E-state index contributed by atoms with van der Waals surface area (Å²) in [6.45, 7) is 2.95. The van der Waals surface area contributed by atoms with Crippen LogP contribution in [0.1, 0.15) is 17.7 Å². The summed E-state index contributed by atoms with van der Waals surface area (Å²) in [6, 6.07) is 10.3. The first-order valence-corrected chi connectivity index (χ1v) is 8.91. The molecule has 6 nitrogen and oxygen atoms in total. The second kappa shape index (κ2) is 5.95. The van der Waals surface area contributed by atoms with E-state index in [2.05, 4.69) is 42.5 Å². The van der Waals surface area contributed by atoms with Gasteiger partial charge in [0.25, 0.3) is 0 Å². The predicted octanol–water partition coefficient (Wildman–Crippen LogP) is 2.46. The smallest absolute Gasteiger partial charge is 0.151 e. The molecule has 0 radical (unpaired) electrons. The number of fused-ring (bicyclic) bond motifs is 2. The van der Waals surface area contributed by atoms with E-state index in [0.717, 1.165) is 55.0 Å². The molecule has 0 atom stereocenters. The number of benzene rings is 1. The highest BCUT2D eigenvalue weighted by Gasteiger charge is 2.29. The molecule has 1 aliphatic carbocycles. The van der Waals surface area contributed by atoms with Crippen LogP contribution < -0.4 is 10.2 Å². The Labute approximate surface area is 146 Å². The number of nitrogens with zero attached hydrogens (tertiary/aromatic N) is 5. The van der Waals surface area contributed by atoms with E-state index in [-0.39, 0.29) is 0 Å². The largest absolute Gasteiger partial charge is 0.369 e. The van der Waals surface area contributed by atoms with Gasteiger partial charge in [0.05, 0.1) is 11.2 Å². The molecular weight excluding hydrogens is 312 g/mol. The van der Waals surface area contributed by atoms with Crippen LogP contribution in [-0.2, 0) is 12.8 Å². The summed E-state index contributed by atoms with van der Waals surface area (Å²) in [5, 5.41) is 13.4. The van der Waals surface area contributed by atoms with Gasteiger partial charge in [-0.1, -0.05) is 12.1 Å². The summed E-state index contributed by atoms with van der Waals surface area (Å²) >= 11 is 0. The van der Waals surface area contributed by atoms with Crippen molar-refractivity contribution in [1.82, 2.24) is 20.2 Å². The van der Waals surface area contributed by atoms with Crippen LogP contribution in [0.3, 0.4) is 0 Å². The average molecular weight is 332 g/mol. The first-order valence-electron chi connectivity index (χ1n) is 8.91. The van der Waals surface area contributed by atoms with Crippen LogP contribution in [0.5, 0.6) is 0 Å². The summed E-state index contributed by atoms with van der Waals surface area (Å²) in [5.41, 5.74) is 3.56. The van der Waals surface area contributed by atoms with E-state index in [9.17, 15) is 0 Å². The molecule has 2 aliphatic rings. The standard InChI is InChI=1S/C19H20N6/c1-2-6-17-15(5-1)19(22-12-21-17)20-9-13-10-25(11-13)18-8-14-4-3-7-16(14)23-24-18/h1-2,5-6,8,12-13H,3-4,7,9-11H2,(H,20,21,22). The van der Waals surface area contributed by atoms with E-state index >= 15 is 0 Å². The zero-order chi connectivity index (χ0) is 16.6. The molecule has 0 spiro atoms. The fourth-order valence-electron chi connectivity index (χ4n) is 3.74. The zero-order valence-electron chi connectivity index (χ0n) is 14.0. The number of aryl methyl sites for hydroxylation is 2. The highest BCUT2D eigenvalue weighted by molar-refractivity contribution is 5.88. The molecule has 3 heterocycles. The molecule has 6 heteroatoms. The minimum absolute atomic E-state index is 0.601. The van der Waals surface area contributed by atoms with Crippen molar-refractivity contribution in [1.29, 1.82) is 0 Å². The highest BCUT2D eigenvalue weighted by Crippen LogP contribution is 2.27. The van der Waals surface area contributed by atoms with E-state index < -0.39 is 0 Å². The van der Waals surface area contributed by atoms with Crippen molar-refractivity contribution in [3.8, 4) is 0 Å². The van der Waals surface area contributed by atoms with Crippen molar-refractivity contribution < 1.29 is 0 Å². The van der Waals surface area contributed by atoms with Gasteiger partial charge in [-0.25, -0.2) is 9.97 Å². The van der Waals surface area contributed by atoms with Gasteiger partial charge in [-0.2, -0.15) is 5.10 Å². The first kappa shape index (κ1) is 14.6. The summed E-state index contributed by atoms with van der Waals surface area (Å²) in [4.78, 5) is 11.0. The van der Waals surface area contributed by atoms with E-state index in [1.54, 1.807) is 6.33 Å². The van der Waals surface area contributed by atoms with Crippen molar-refractivity contribution in [2.24, 2.45) is 5.92 Å². The van der Waals surface area contributed by atoms with Gasteiger partial charge in [0, 0.05) is 30.9 Å². The van der Waals surface area contributed by atoms with Gasteiger partial charge >= 0.3 is 0 Å². The van der Waals surface area contributed by atoms with Gasteiger partial charge in [0.15, 0.2) is 5.82 Å². The minimum Gasteiger partial charge on any atom is -0.369 e. The number of hydrogen-bond acceptors (Lipinski definition) is 6. The van der Waals surface area contributed by atoms with Crippen molar-refractivity contribution >= 4 is 22.5 Å². The molecule has 3 aromatic rings. The minimum atomic E-state index is 0.601. The summed E-state index contributed by atoms with van der Waals surface area (Å²) in [6.07, 6.45) is 5.07. The van der Waals surface area contributed by atoms with Crippen LogP contribution in [0.15, 0.2) is 36.7 Å². The number of anilines is 2. The summed E-state index contributed by atoms with van der Waals surface area (Å²) in [7, 11) is 0. The monoisotopic (exact) mass is 332 g/mol. The summed E-state index contributed by atoms with van der Waals surface area (Å²) < 4.78 is 0. The zero-order valence-corrected chi connectivity index (χ0v) is 14.0. The maximum atomic E-state index is 4.40. The Bertz CT molecular complexity index is 913. The Hall–Kier alpha value is -2.76. The Morgan fingerprint density at radius 2 is 2.00 bits per heavy atom. The molecule has 1 aliphatic heterocycles. The number of aromatic nitrogens is 4. The third-order valence-corrected chi connectivity index (χ3v) is 5.19. The lowest BCUT2D eigenvalue weighted by Gasteiger charge is -2.40. The van der Waals surface area contributed by atoms with Crippen LogP contribution in [0.2, 0.25) is 0 Å². The number of hydrogen-bond donors (Lipinski definition) is 1. The van der Waals surface area contributed by atoms with E-state index in [1.807, 2.05) is 18.2 Å². The maximum absolute atomic E-state index is 4.40. The predicted molar refractivity (Wildman–Crippen MR) is 97.8 cm³/mol. The van der Waals surface area contributed by atoms with Gasteiger partial charge in [-0.3, -0.25) is 0 Å². The molecule has 2 aromatic heterocycles. The van der Waals surface area contributed by atoms with Crippen molar-refractivity contribution in [3.05, 3.63) is 47.9 Å². The second-order valence-corrected chi connectivity index (χ2v) is 6.92. The van der Waals surface area contributed by atoms with Gasteiger partial charge in [-0.05, 0) is 43.0 Å². The van der Waals surface area contributed by atoms with Crippen LogP contribution in [0, 0.1) is 5.92 Å². The van der Waals surface area contributed by atoms with E-state index in [1.165, 1.54) is 17.7 Å². The van der Waals surface area contributed by atoms with Gasteiger partial charge in [0.1, 0.15) is 12.1 Å². The van der Waals surface area contributed by atoms with Crippen LogP contribution >= 0.6 is 0 Å². The van der Waals surface area contributed by atoms with Crippen molar-refractivity contribution in [2.45, 2.75) is 19.3 Å². The summed E-state index contributed by atoms with van der Waals surface area (Å²) in [5.74, 6) is 2.55. The molecular formula is C19H20N6. The van der Waals surface area contributed by atoms with Crippen molar-refractivity contribution in [3.63, 3.8) is 0 Å². The molecule has 1 N–H and O–H groups in total. The van der Waals surface area contributed by atoms with Crippen LogP contribution in [-0.4, -0.2) is 39.8 Å². The highest BCUT2D eigenvalue weighted by atomic mass is 15.3. The van der Waals surface area contributed by atoms with E-state index in [0.29, 0.717) is 5.92 Å². The third kappa shape index (κ3) is 2.67. The Morgan fingerprint density at radius 1 is 1.08 bits per heavy atom. The van der Waals surface area contributed by atoms with Crippen molar-refractivity contribution in [2.75, 3.05) is 29.9 Å². The lowest BCUT2D eigenvalue weighted by Crippen LogP contribution is -2.50. The number of nitrogens with one attached hydrogen (secondary N) is 1. The fourth-order valence-corrected chi connectivity index (χ4v) is 3.74. The Balaban J connectivity index is 1.22. The number of para-hydroxylation sites is 1. The second-order valence-electron chi connectivity index (χ2n) is 6.92. The molecule has 0 saturated carbocycles. The lowest BCUT2D eigenvalue weighted by molar-refractivity contribution is 0.425. The Kier molecular flexibility index (Phi) is 3.47. The molecule has 126 valence electrons. The molecule has 1 saturated heterocycles. The average Bonchev–Trinajstić information content (AvgIpc) is 3.08. The maximum Gasteiger partial charge on any atom is 0.151 e. The Morgan fingerprint density at radius 3 is 2.96 bits per heavy atom. The quantitative estimate of drug-likeness (QED) is 0.792. The number of rotatable bonds is 4. The lowest BCUT2D eigenvalue weighted by atomic mass is 10.00. The van der Waals surface area contributed by atoms with E-state index in [4.69, 9.17) is 0 Å². The molecule has 1 aromatic carbocycles. The molecule has 25 heavy (non-hydrogen) atoms. The van der Waals surface area contributed by atoms with Crippen LogP contribution in [0.4, 0.5) is 11.6 Å². The van der Waals surface area contributed by atoms with Gasteiger partial charge in [-0.15, -0.1) is 5.10 Å². The topological polar surface area (TPSA) is 66.8 Å². The normalized spacial score (nSPS) is 16.7. The first-order chi connectivity index (χ1) is 12.4. The molecule has 0 amide bonds. The molecule has 0 unspecified atom stereocenters. The van der Waals surface area contributed by atoms with Crippen LogP contribution in [0.25, 0.3) is 10.9 Å². The van der Waals surface area contributed by atoms with Gasteiger partial charge in [0.2, 0.25) is 0 Å². The fraction of sp³-hybridized carbons (Fsp3) is 0.368. The van der Waals surface area contributed by atoms with Gasteiger partial charge < -0.3 is 10.2 Å². The SMILES string of the molecule is c1ccc2c(NCC3CN(c4cc5c(nn4)CCC5)C3)ncnc2c1. The third-order valence-electron chi connectivity index (χ3n) is 5.19. The molecule has 1 fully saturated rings.